The Morgan fingerprint density at radius 3 is 3.00 bits per heavy atom. The SMILES string of the molecule is COc1ccc(Cl)c(CNc2ncnc3c2CN(Cc2cnn4cccnc24)C3)c1F. The second-order valence-corrected chi connectivity index (χ2v) is 7.65. The van der Waals surface area contributed by atoms with Crippen LogP contribution in [0.5, 0.6) is 5.75 Å². The molecule has 3 aromatic heterocycles. The largest absolute Gasteiger partial charge is 0.494 e. The lowest BCUT2D eigenvalue weighted by atomic mass is 10.2. The van der Waals surface area contributed by atoms with Gasteiger partial charge in [0.15, 0.2) is 17.2 Å². The molecule has 10 heteroatoms. The minimum absolute atomic E-state index is 0.155. The van der Waals surface area contributed by atoms with Crippen molar-refractivity contribution in [3.05, 3.63) is 76.3 Å². The first-order valence-corrected chi connectivity index (χ1v) is 10.1. The zero-order valence-electron chi connectivity index (χ0n) is 16.7. The van der Waals surface area contributed by atoms with E-state index < -0.39 is 5.82 Å². The molecule has 0 atom stereocenters. The van der Waals surface area contributed by atoms with Crippen LogP contribution in [0.4, 0.5) is 10.2 Å². The molecule has 5 rings (SSSR count). The van der Waals surface area contributed by atoms with E-state index in [4.69, 9.17) is 16.3 Å². The highest BCUT2D eigenvalue weighted by atomic mass is 35.5. The summed E-state index contributed by atoms with van der Waals surface area (Å²) in [6.07, 6.45) is 6.99. The molecule has 31 heavy (non-hydrogen) atoms. The molecule has 4 aromatic rings. The van der Waals surface area contributed by atoms with Gasteiger partial charge in [0.2, 0.25) is 0 Å². The Balaban J connectivity index is 1.33. The predicted octanol–water partition coefficient (Wildman–Crippen LogP) is 3.45. The molecule has 8 nitrogen and oxygen atoms in total. The lowest BCUT2D eigenvalue weighted by molar-refractivity contribution is 0.275. The summed E-state index contributed by atoms with van der Waals surface area (Å²) in [5, 5.41) is 7.90. The number of methoxy groups -OCH3 is 1. The van der Waals surface area contributed by atoms with Gasteiger partial charge in [-0.3, -0.25) is 4.90 Å². The van der Waals surface area contributed by atoms with Crippen molar-refractivity contribution in [2.45, 2.75) is 26.2 Å². The first-order chi connectivity index (χ1) is 15.1. The molecule has 0 radical (unpaired) electrons. The number of anilines is 1. The molecule has 1 aliphatic heterocycles. The second kappa shape index (κ2) is 8.09. The van der Waals surface area contributed by atoms with Gasteiger partial charge >= 0.3 is 0 Å². The molecule has 0 fully saturated rings. The number of hydrogen-bond acceptors (Lipinski definition) is 7. The number of rotatable bonds is 6. The van der Waals surface area contributed by atoms with Gasteiger partial charge in [0.1, 0.15) is 12.1 Å². The number of aromatic nitrogens is 5. The number of fused-ring (bicyclic) bond motifs is 2. The third-order valence-corrected chi connectivity index (χ3v) is 5.69. The van der Waals surface area contributed by atoms with Gasteiger partial charge < -0.3 is 10.1 Å². The molecule has 0 amide bonds. The van der Waals surface area contributed by atoms with E-state index in [-0.39, 0.29) is 12.3 Å². The van der Waals surface area contributed by atoms with E-state index in [1.807, 2.05) is 18.5 Å². The second-order valence-electron chi connectivity index (χ2n) is 7.25. The summed E-state index contributed by atoms with van der Waals surface area (Å²) in [4.78, 5) is 15.5. The van der Waals surface area contributed by atoms with Gasteiger partial charge in [0, 0.05) is 60.3 Å². The normalized spacial score (nSPS) is 13.5. The maximum absolute atomic E-state index is 14.6. The van der Waals surface area contributed by atoms with Crippen LogP contribution in [0.3, 0.4) is 0 Å². The molecule has 0 saturated heterocycles. The number of benzene rings is 1. The van der Waals surface area contributed by atoms with Gasteiger partial charge in [0.05, 0.1) is 19.0 Å². The summed E-state index contributed by atoms with van der Waals surface area (Å²) in [7, 11) is 1.43. The highest BCUT2D eigenvalue weighted by Gasteiger charge is 2.25. The summed E-state index contributed by atoms with van der Waals surface area (Å²) in [6, 6.07) is 4.98. The first kappa shape index (κ1) is 19.7. The number of hydrogen-bond donors (Lipinski definition) is 1. The molecule has 1 N–H and O–H groups in total. The molecule has 0 spiro atoms. The zero-order valence-corrected chi connectivity index (χ0v) is 17.5. The smallest absolute Gasteiger partial charge is 0.171 e. The Morgan fingerprint density at radius 1 is 1.23 bits per heavy atom. The van der Waals surface area contributed by atoms with Crippen molar-refractivity contribution in [1.82, 2.24) is 29.5 Å². The molecule has 1 aromatic carbocycles. The van der Waals surface area contributed by atoms with Crippen molar-refractivity contribution in [3.8, 4) is 5.75 Å². The Bertz CT molecular complexity index is 1260. The van der Waals surface area contributed by atoms with E-state index in [0.717, 1.165) is 22.5 Å². The van der Waals surface area contributed by atoms with Crippen molar-refractivity contribution in [2.24, 2.45) is 0 Å². The van der Waals surface area contributed by atoms with Gasteiger partial charge in [-0.2, -0.15) is 5.10 Å². The summed E-state index contributed by atoms with van der Waals surface area (Å²) in [5.74, 6) is 0.349. The van der Waals surface area contributed by atoms with Crippen LogP contribution < -0.4 is 10.1 Å². The van der Waals surface area contributed by atoms with Crippen LogP contribution in [-0.2, 0) is 26.2 Å². The highest BCUT2D eigenvalue weighted by molar-refractivity contribution is 6.31. The number of halogens is 2. The fourth-order valence-corrected chi connectivity index (χ4v) is 4.02. The van der Waals surface area contributed by atoms with Crippen molar-refractivity contribution in [3.63, 3.8) is 0 Å². The Hall–Kier alpha value is -3.30. The molecular weight excluding hydrogens is 421 g/mol. The number of nitrogens with one attached hydrogen (secondary N) is 1. The molecule has 0 bridgehead atoms. The Morgan fingerprint density at radius 2 is 2.13 bits per heavy atom. The van der Waals surface area contributed by atoms with Crippen molar-refractivity contribution in [2.75, 3.05) is 12.4 Å². The maximum Gasteiger partial charge on any atom is 0.171 e. The fraction of sp³-hybridized carbons (Fsp3) is 0.238. The van der Waals surface area contributed by atoms with Gasteiger partial charge in [-0.05, 0) is 18.2 Å². The fourth-order valence-electron chi connectivity index (χ4n) is 3.80. The van der Waals surface area contributed by atoms with Crippen molar-refractivity contribution >= 4 is 23.1 Å². The van der Waals surface area contributed by atoms with E-state index in [1.54, 1.807) is 16.8 Å². The van der Waals surface area contributed by atoms with E-state index in [2.05, 4.69) is 30.3 Å². The average Bonchev–Trinajstić information content (AvgIpc) is 3.38. The molecular formula is C21H19ClFN7O. The standard InChI is InChI=1S/C21H19ClFN7O/c1-31-18-4-3-16(22)14(19(18)23)8-25-20-15-10-29(11-17(15)26-12-27-20)9-13-7-28-30-6-2-5-24-21(13)30/h2-7,12H,8-11H2,1H3,(H,25,26,27). The lowest BCUT2D eigenvalue weighted by Gasteiger charge is -2.14. The van der Waals surface area contributed by atoms with Crippen LogP contribution in [-0.4, -0.2) is 36.6 Å². The van der Waals surface area contributed by atoms with Gasteiger partial charge in [-0.1, -0.05) is 11.6 Å². The van der Waals surface area contributed by atoms with Gasteiger partial charge in [-0.15, -0.1) is 0 Å². The molecule has 0 saturated carbocycles. The number of nitrogens with zero attached hydrogens (tertiary/aromatic N) is 6. The maximum atomic E-state index is 14.6. The van der Waals surface area contributed by atoms with Gasteiger partial charge in [-0.25, -0.2) is 23.9 Å². The highest BCUT2D eigenvalue weighted by Crippen LogP contribution is 2.30. The monoisotopic (exact) mass is 439 g/mol. The minimum Gasteiger partial charge on any atom is -0.494 e. The van der Waals surface area contributed by atoms with Crippen LogP contribution >= 0.6 is 11.6 Å². The quantitative estimate of drug-likeness (QED) is 0.492. The summed E-state index contributed by atoms with van der Waals surface area (Å²) >= 11 is 6.20. The minimum atomic E-state index is -0.476. The predicted molar refractivity (Wildman–Crippen MR) is 113 cm³/mol. The third kappa shape index (κ3) is 3.66. The molecule has 0 aliphatic carbocycles. The van der Waals surface area contributed by atoms with E-state index in [0.29, 0.717) is 36.0 Å². The number of ether oxygens (including phenoxy) is 1. The van der Waals surface area contributed by atoms with Gasteiger partial charge in [0.25, 0.3) is 0 Å². The Labute approximate surface area is 182 Å². The molecule has 1 aliphatic rings. The van der Waals surface area contributed by atoms with Crippen LogP contribution in [0.1, 0.15) is 22.4 Å². The van der Waals surface area contributed by atoms with Crippen LogP contribution in [0.2, 0.25) is 5.02 Å². The van der Waals surface area contributed by atoms with Crippen molar-refractivity contribution < 1.29 is 9.13 Å². The lowest BCUT2D eigenvalue weighted by Crippen LogP contribution is -2.16. The average molecular weight is 440 g/mol. The van der Waals surface area contributed by atoms with E-state index in [9.17, 15) is 4.39 Å². The molecule has 4 heterocycles. The summed E-state index contributed by atoms with van der Waals surface area (Å²) in [5.41, 5.74) is 4.15. The Kier molecular flexibility index (Phi) is 5.13. The van der Waals surface area contributed by atoms with E-state index >= 15 is 0 Å². The first-order valence-electron chi connectivity index (χ1n) is 9.71. The molecule has 0 unspecified atom stereocenters. The third-order valence-electron chi connectivity index (χ3n) is 5.34. The van der Waals surface area contributed by atoms with Crippen LogP contribution in [0.15, 0.2) is 43.1 Å². The van der Waals surface area contributed by atoms with Crippen LogP contribution in [0, 0.1) is 5.82 Å². The summed E-state index contributed by atoms with van der Waals surface area (Å²) < 4.78 is 21.4. The summed E-state index contributed by atoms with van der Waals surface area (Å²) in [6.45, 7) is 2.22. The molecule has 158 valence electrons. The van der Waals surface area contributed by atoms with Crippen molar-refractivity contribution in [1.29, 1.82) is 0 Å². The topological polar surface area (TPSA) is 80.5 Å². The van der Waals surface area contributed by atoms with E-state index in [1.165, 1.54) is 19.5 Å². The van der Waals surface area contributed by atoms with Crippen LogP contribution in [0.25, 0.3) is 5.65 Å². The zero-order chi connectivity index (χ0) is 21.4.